The van der Waals surface area contributed by atoms with E-state index >= 15 is 0 Å². The van der Waals surface area contributed by atoms with E-state index in [-0.39, 0.29) is 17.9 Å². The van der Waals surface area contributed by atoms with Crippen molar-refractivity contribution in [2.75, 3.05) is 19.0 Å². The Morgan fingerprint density at radius 2 is 1.90 bits per heavy atom. The minimum absolute atomic E-state index is 0.0147. The highest BCUT2D eigenvalue weighted by Gasteiger charge is 2.44. The summed E-state index contributed by atoms with van der Waals surface area (Å²) in [5, 5.41) is 10.7. The van der Waals surface area contributed by atoms with Crippen LogP contribution < -0.4 is 4.90 Å². The minimum Gasteiger partial charge on any atom is -0.503 e. The van der Waals surface area contributed by atoms with E-state index in [4.69, 9.17) is 4.42 Å². The number of rotatable bonds is 6. The average molecular weight is 417 g/mol. The third-order valence-corrected chi connectivity index (χ3v) is 5.31. The molecule has 0 radical (unpaired) electrons. The molecule has 31 heavy (non-hydrogen) atoms. The van der Waals surface area contributed by atoms with Gasteiger partial charge in [-0.25, -0.2) is 0 Å². The van der Waals surface area contributed by atoms with Gasteiger partial charge < -0.3 is 19.3 Å². The van der Waals surface area contributed by atoms with Gasteiger partial charge in [0.2, 0.25) is 5.78 Å². The molecule has 0 aliphatic carbocycles. The predicted octanol–water partition coefficient (Wildman–Crippen LogP) is 3.83. The number of benzene rings is 1. The lowest BCUT2D eigenvalue weighted by Gasteiger charge is -2.27. The number of amides is 1. The first-order chi connectivity index (χ1) is 14.9. The van der Waals surface area contributed by atoms with Crippen molar-refractivity contribution in [3.8, 4) is 0 Å². The number of Topliss-reactive ketones (excluding diaryl/α,β-unsaturated/α-hetero) is 1. The lowest BCUT2D eigenvalue weighted by Crippen LogP contribution is -2.30. The Bertz CT molecular complexity index is 1150. The number of hydrogen-bond donors (Lipinski definition) is 1. The van der Waals surface area contributed by atoms with Gasteiger partial charge in [0, 0.05) is 38.7 Å². The number of carbonyl (C=O) groups excluding carboxylic acids is 2. The van der Waals surface area contributed by atoms with E-state index in [2.05, 4.69) is 4.98 Å². The van der Waals surface area contributed by atoms with Crippen LogP contribution in [-0.4, -0.2) is 40.8 Å². The fourth-order valence-electron chi connectivity index (χ4n) is 3.73. The molecule has 0 spiro atoms. The van der Waals surface area contributed by atoms with Gasteiger partial charge in [-0.15, -0.1) is 0 Å². The third-order valence-electron chi connectivity index (χ3n) is 5.31. The van der Waals surface area contributed by atoms with Crippen molar-refractivity contribution in [3.05, 3.63) is 94.9 Å². The maximum Gasteiger partial charge on any atom is 0.290 e. The zero-order chi connectivity index (χ0) is 22.1. The zero-order valence-corrected chi connectivity index (χ0v) is 17.6. The summed E-state index contributed by atoms with van der Waals surface area (Å²) in [6, 6.07) is 13.7. The van der Waals surface area contributed by atoms with Crippen LogP contribution in [0.25, 0.3) is 0 Å². The molecule has 158 valence electrons. The molecule has 1 aliphatic heterocycles. The number of aromatic nitrogens is 1. The SMILES string of the molecule is Cc1ccc(C(=O)C2=C(O)C(=O)N(Cc3cccnc3)[C@@H]2c2ccc(N(C)C)cc2)o1. The largest absolute Gasteiger partial charge is 0.503 e. The Hall–Kier alpha value is -3.87. The Labute approximate surface area is 180 Å². The van der Waals surface area contributed by atoms with E-state index in [9.17, 15) is 14.7 Å². The van der Waals surface area contributed by atoms with Gasteiger partial charge in [-0.3, -0.25) is 14.6 Å². The molecule has 0 bridgehead atoms. The molecule has 0 fully saturated rings. The Balaban J connectivity index is 1.79. The maximum absolute atomic E-state index is 13.3. The predicted molar refractivity (Wildman–Crippen MR) is 116 cm³/mol. The van der Waals surface area contributed by atoms with Crippen molar-refractivity contribution in [1.82, 2.24) is 9.88 Å². The van der Waals surface area contributed by atoms with Crippen LogP contribution in [0.1, 0.15) is 33.5 Å². The van der Waals surface area contributed by atoms with Crippen molar-refractivity contribution < 1.29 is 19.1 Å². The molecule has 1 aliphatic rings. The highest BCUT2D eigenvalue weighted by Crippen LogP contribution is 2.40. The summed E-state index contributed by atoms with van der Waals surface area (Å²) in [7, 11) is 3.87. The van der Waals surface area contributed by atoms with E-state index in [1.807, 2.05) is 49.3 Å². The Kier molecular flexibility index (Phi) is 5.33. The van der Waals surface area contributed by atoms with Gasteiger partial charge in [0.05, 0.1) is 11.6 Å². The van der Waals surface area contributed by atoms with Gasteiger partial charge in [0.25, 0.3) is 5.91 Å². The molecule has 0 saturated heterocycles. The van der Waals surface area contributed by atoms with Crippen molar-refractivity contribution >= 4 is 17.4 Å². The molecule has 0 saturated carbocycles. The number of furan rings is 1. The lowest BCUT2D eigenvalue weighted by atomic mass is 9.94. The number of hydrogen-bond acceptors (Lipinski definition) is 6. The molecule has 1 atom stereocenters. The molecule has 7 nitrogen and oxygen atoms in total. The van der Waals surface area contributed by atoms with E-state index in [0.717, 1.165) is 16.8 Å². The first kappa shape index (κ1) is 20.4. The second-order valence-electron chi connectivity index (χ2n) is 7.68. The molecule has 3 heterocycles. The van der Waals surface area contributed by atoms with Crippen LogP contribution in [0.3, 0.4) is 0 Å². The van der Waals surface area contributed by atoms with Gasteiger partial charge in [0.1, 0.15) is 5.76 Å². The van der Waals surface area contributed by atoms with Crippen molar-refractivity contribution in [1.29, 1.82) is 0 Å². The molecule has 4 rings (SSSR count). The maximum atomic E-state index is 13.3. The van der Waals surface area contributed by atoms with E-state index in [1.165, 1.54) is 4.90 Å². The molecule has 1 N–H and O–H groups in total. The van der Waals surface area contributed by atoms with Crippen LogP contribution in [0.4, 0.5) is 5.69 Å². The fraction of sp³-hybridized carbons (Fsp3) is 0.208. The van der Waals surface area contributed by atoms with Crippen LogP contribution in [0, 0.1) is 6.92 Å². The van der Waals surface area contributed by atoms with Gasteiger partial charge >= 0.3 is 0 Å². The molecule has 1 aromatic carbocycles. The summed E-state index contributed by atoms with van der Waals surface area (Å²) in [5.74, 6) is -0.993. The molecule has 7 heteroatoms. The first-order valence-electron chi connectivity index (χ1n) is 9.88. The summed E-state index contributed by atoms with van der Waals surface area (Å²) < 4.78 is 5.49. The summed E-state index contributed by atoms with van der Waals surface area (Å²) >= 11 is 0. The second-order valence-corrected chi connectivity index (χ2v) is 7.68. The monoisotopic (exact) mass is 417 g/mol. The summed E-state index contributed by atoms with van der Waals surface area (Å²) in [6.45, 7) is 1.93. The topological polar surface area (TPSA) is 86.9 Å². The normalized spacial score (nSPS) is 16.2. The number of anilines is 1. The summed E-state index contributed by atoms with van der Waals surface area (Å²) in [4.78, 5) is 33.8. The van der Waals surface area contributed by atoms with Crippen LogP contribution in [0.5, 0.6) is 0 Å². The van der Waals surface area contributed by atoms with Gasteiger partial charge in [-0.05, 0) is 48.4 Å². The van der Waals surface area contributed by atoms with Crippen LogP contribution in [0.2, 0.25) is 0 Å². The van der Waals surface area contributed by atoms with Crippen molar-refractivity contribution in [2.24, 2.45) is 0 Å². The smallest absolute Gasteiger partial charge is 0.290 e. The van der Waals surface area contributed by atoms with E-state index in [1.54, 1.807) is 37.5 Å². The van der Waals surface area contributed by atoms with Gasteiger partial charge in [-0.2, -0.15) is 0 Å². The fourth-order valence-corrected chi connectivity index (χ4v) is 3.73. The van der Waals surface area contributed by atoms with Crippen molar-refractivity contribution in [3.63, 3.8) is 0 Å². The third kappa shape index (κ3) is 3.82. The number of aliphatic hydroxyl groups excluding tert-OH is 1. The summed E-state index contributed by atoms with van der Waals surface area (Å²) in [6.07, 6.45) is 3.31. The molecular weight excluding hydrogens is 394 g/mol. The highest BCUT2D eigenvalue weighted by atomic mass is 16.3. The molecule has 0 unspecified atom stereocenters. The van der Waals surface area contributed by atoms with Crippen LogP contribution in [-0.2, 0) is 11.3 Å². The number of pyridine rings is 1. The molecular formula is C24H23N3O4. The zero-order valence-electron chi connectivity index (χ0n) is 17.6. The number of aliphatic hydroxyl groups is 1. The van der Waals surface area contributed by atoms with Crippen LogP contribution >= 0.6 is 0 Å². The number of ketones is 1. The number of carbonyl (C=O) groups is 2. The summed E-state index contributed by atoms with van der Waals surface area (Å²) in [5.41, 5.74) is 2.51. The minimum atomic E-state index is -0.748. The standard InChI is InChI=1S/C24H23N3O4/c1-15-6-11-19(31-15)22(28)20-21(17-7-9-18(10-8-17)26(2)3)27(24(30)23(20)29)14-16-5-4-12-25-13-16/h4-13,21,29H,14H2,1-3H3/t21-/m1/s1. The van der Waals surface area contributed by atoms with E-state index in [0.29, 0.717) is 5.76 Å². The van der Waals surface area contributed by atoms with Gasteiger partial charge in [0.15, 0.2) is 11.5 Å². The second kappa shape index (κ2) is 8.10. The van der Waals surface area contributed by atoms with Crippen LogP contribution in [0.15, 0.2) is 76.7 Å². The van der Waals surface area contributed by atoms with Crippen molar-refractivity contribution in [2.45, 2.75) is 19.5 Å². The van der Waals surface area contributed by atoms with E-state index < -0.39 is 23.5 Å². The lowest BCUT2D eigenvalue weighted by molar-refractivity contribution is -0.130. The van der Waals surface area contributed by atoms with Gasteiger partial charge in [-0.1, -0.05) is 18.2 Å². The quantitative estimate of drug-likeness (QED) is 0.614. The first-order valence-corrected chi connectivity index (χ1v) is 9.88. The number of aryl methyl sites for hydroxylation is 1. The highest BCUT2D eigenvalue weighted by molar-refractivity contribution is 6.15. The molecule has 1 amide bonds. The average Bonchev–Trinajstić information content (AvgIpc) is 3.31. The number of nitrogens with zero attached hydrogens (tertiary/aromatic N) is 3. The Morgan fingerprint density at radius 1 is 1.16 bits per heavy atom. The molecule has 2 aromatic heterocycles. The molecule has 3 aromatic rings. The Morgan fingerprint density at radius 3 is 2.48 bits per heavy atom.